The van der Waals surface area contributed by atoms with Crippen LogP contribution < -0.4 is 5.32 Å². The van der Waals surface area contributed by atoms with E-state index in [0.717, 1.165) is 5.56 Å². The van der Waals surface area contributed by atoms with Crippen LogP contribution in [0, 0.1) is 6.92 Å². The van der Waals surface area contributed by atoms with Crippen LogP contribution in [0.1, 0.15) is 15.9 Å². The molecule has 0 fully saturated rings. The lowest BCUT2D eigenvalue weighted by Crippen LogP contribution is -1.97. The molecule has 3 nitrogen and oxygen atoms in total. The first-order chi connectivity index (χ1) is 9.97. The number of aryl methyl sites for hydroxylation is 1. The fourth-order valence-electron chi connectivity index (χ4n) is 1.75. The molecule has 21 heavy (non-hydrogen) atoms. The van der Waals surface area contributed by atoms with E-state index in [1.165, 1.54) is 18.3 Å². The number of aromatic hydroxyl groups is 1. The number of ketones is 1. The Balaban J connectivity index is 2.10. The highest BCUT2D eigenvalue weighted by Crippen LogP contribution is 2.24. The molecule has 0 aliphatic rings. The maximum Gasteiger partial charge on any atom is 0.188 e. The zero-order valence-electron chi connectivity index (χ0n) is 11.2. The Bertz CT molecular complexity index is 711. The van der Waals surface area contributed by atoms with Crippen molar-refractivity contribution in [1.29, 1.82) is 0 Å². The summed E-state index contributed by atoms with van der Waals surface area (Å²) in [7, 11) is 0. The second kappa shape index (κ2) is 6.66. The number of hydrogen-bond donors (Lipinski definition) is 2. The summed E-state index contributed by atoms with van der Waals surface area (Å²) in [6.45, 7) is 1.91. The fraction of sp³-hybridized carbons (Fsp3) is 0.0625. The second-order valence-electron chi connectivity index (χ2n) is 4.49. The molecule has 2 aromatic carbocycles. The van der Waals surface area contributed by atoms with Crippen LogP contribution in [-0.4, -0.2) is 10.9 Å². The predicted octanol–water partition coefficient (Wildman–Crippen LogP) is 4.82. The first kappa shape index (κ1) is 15.4. The predicted molar refractivity (Wildman–Crippen MR) is 86.4 cm³/mol. The van der Waals surface area contributed by atoms with E-state index in [1.807, 2.05) is 6.92 Å². The summed E-state index contributed by atoms with van der Waals surface area (Å²) in [5.41, 5.74) is 1.89. The van der Waals surface area contributed by atoms with Gasteiger partial charge in [-0.2, -0.15) is 0 Å². The van der Waals surface area contributed by atoms with E-state index in [0.29, 0.717) is 21.3 Å². The third-order valence-electron chi connectivity index (χ3n) is 2.82. The number of halogens is 2. The molecule has 0 spiro atoms. The molecule has 2 N–H and O–H groups in total. The quantitative estimate of drug-likeness (QED) is 0.482. The molecule has 0 aliphatic heterocycles. The number of carbonyl (C=O) groups excluding carboxylic acids is 1. The van der Waals surface area contributed by atoms with Crippen molar-refractivity contribution in [1.82, 2.24) is 0 Å². The number of nitrogens with one attached hydrogen (secondary N) is 1. The Labute approximate surface area is 132 Å². The highest BCUT2D eigenvalue weighted by atomic mass is 35.5. The van der Waals surface area contributed by atoms with E-state index in [4.69, 9.17) is 23.2 Å². The fourth-order valence-corrected chi connectivity index (χ4v) is 2.25. The molecule has 0 unspecified atom stereocenters. The van der Waals surface area contributed by atoms with E-state index in [2.05, 4.69) is 5.32 Å². The molecule has 0 saturated carbocycles. The van der Waals surface area contributed by atoms with Crippen molar-refractivity contribution >= 4 is 34.7 Å². The normalized spacial score (nSPS) is 10.8. The van der Waals surface area contributed by atoms with Gasteiger partial charge in [0.1, 0.15) is 5.75 Å². The SMILES string of the molecule is Cc1ccc(O)c(N/C=C/C(=O)c2ccc(Cl)cc2Cl)c1. The lowest BCUT2D eigenvalue weighted by atomic mass is 10.1. The van der Waals surface area contributed by atoms with Gasteiger partial charge in [0.2, 0.25) is 0 Å². The lowest BCUT2D eigenvalue weighted by molar-refractivity contribution is 0.104. The van der Waals surface area contributed by atoms with Crippen LogP contribution in [0.3, 0.4) is 0 Å². The maximum atomic E-state index is 12.0. The zero-order chi connectivity index (χ0) is 15.4. The monoisotopic (exact) mass is 321 g/mol. The van der Waals surface area contributed by atoms with E-state index < -0.39 is 0 Å². The molecule has 2 rings (SSSR count). The molecule has 2 aromatic rings. The van der Waals surface area contributed by atoms with Crippen molar-refractivity contribution in [2.24, 2.45) is 0 Å². The van der Waals surface area contributed by atoms with Gasteiger partial charge in [-0.3, -0.25) is 4.79 Å². The smallest absolute Gasteiger partial charge is 0.188 e. The number of allylic oxidation sites excluding steroid dienone is 1. The van der Waals surface area contributed by atoms with Gasteiger partial charge < -0.3 is 10.4 Å². The van der Waals surface area contributed by atoms with Crippen molar-refractivity contribution < 1.29 is 9.90 Å². The van der Waals surface area contributed by atoms with Crippen LogP contribution >= 0.6 is 23.2 Å². The van der Waals surface area contributed by atoms with Crippen LogP contribution in [0.5, 0.6) is 5.75 Å². The number of carbonyl (C=O) groups is 1. The average molecular weight is 322 g/mol. The van der Waals surface area contributed by atoms with Gasteiger partial charge in [-0.15, -0.1) is 0 Å². The first-order valence-electron chi connectivity index (χ1n) is 6.19. The van der Waals surface area contributed by atoms with Crippen molar-refractivity contribution in [3.63, 3.8) is 0 Å². The van der Waals surface area contributed by atoms with Crippen molar-refractivity contribution in [2.45, 2.75) is 6.92 Å². The average Bonchev–Trinajstić information content (AvgIpc) is 2.42. The minimum absolute atomic E-state index is 0.113. The summed E-state index contributed by atoms with van der Waals surface area (Å²) in [4.78, 5) is 12.0. The largest absolute Gasteiger partial charge is 0.506 e. The third kappa shape index (κ3) is 4.00. The topological polar surface area (TPSA) is 49.3 Å². The van der Waals surface area contributed by atoms with Crippen LogP contribution in [0.15, 0.2) is 48.7 Å². The summed E-state index contributed by atoms with van der Waals surface area (Å²) < 4.78 is 0. The van der Waals surface area contributed by atoms with Crippen molar-refractivity contribution in [2.75, 3.05) is 5.32 Å². The van der Waals surface area contributed by atoms with Gasteiger partial charge in [0.25, 0.3) is 0 Å². The molecule has 0 aromatic heterocycles. The summed E-state index contributed by atoms with van der Waals surface area (Å²) in [5, 5.41) is 13.3. The molecule has 0 aliphatic carbocycles. The number of phenolic OH excluding ortho intramolecular Hbond substituents is 1. The van der Waals surface area contributed by atoms with Crippen LogP contribution in [0.2, 0.25) is 10.0 Å². The minimum atomic E-state index is -0.253. The Morgan fingerprint density at radius 3 is 2.67 bits per heavy atom. The van der Waals surface area contributed by atoms with E-state index >= 15 is 0 Å². The maximum absolute atomic E-state index is 12.0. The third-order valence-corrected chi connectivity index (χ3v) is 3.37. The van der Waals surface area contributed by atoms with Gasteiger partial charge in [-0.25, -0.2) is 0 Å². The molecule has 0 bridgehead atoms. The van der Waals surface area contributed by atoms with Gasteiger partial charge in [-0.05, 0) is 42.8 Å². The first-order valence-corrected chi connectivity index (χ1v) is 6.95. The summed E-state index contributed by atoms with van der Waals surface area (Å²) in [6, 6.07) is 9.85. The van der Waals surface area contributed by atoms with Gasteiger partial charge in [0.05, 0.1) is 10.7 Å². The second-order valence-corrected chi connectivity index (χ2v) is 5.33. The number of anilines is 1. The Morgan fingerprint density at radius 2 is 1.95 bits per heavy atom. The summed E-state index contributed by atoms with van der Waals surface area (Å²) in [6.07, 6.45) is 2.80. The van der Waals surface area contributed by atoms with Crippen LogP contribution in [0.4, 0.5) is 5.69 Å². The number of rotatable bonds is 4. The van der Waals surface area contributed by atoms with Gasteiger partial charge in [-0.1, -0.05) is 29.3 Å². The van der Waals surface area contributed by atoms with Gasteiger partial charge >= 0.3 is 0 Å². The number of hydrogen-bond acceptors (Lipinski definition) is 3. The molecule has 0 heterocycles. The summed E-state index contributed by atoms with van der Waals surface area (Å²) >= 11 is 11.8. The van der Waals surface area contributed by atoms with Crippen LogP contribution in [0.25, 0.3) is 0 Å². The molecular weight excluding hydrogens is 309 g/mol. The molecule has 0 radical (unpaired) electrons. The number of benzene rings is 2. The Morgan fingerprint density at radius 1 is 1.19 bits per heavy atom. The minimum Gasteiger partial charge on any atom is -0.506 e. The van der Waals surface area contributed by atoms with Crippen LogP contribution in [-0.2, 0) is 0 Å². The highest BCUT2D eigenvalue weighted by Gasteiger charge is 2.07. The van der Waals surface area contributed by atoms with Crippen molar-refractivity contribution in [3.05, 3.63) is 69.8 Å². The molecule has 0 saturated heterocycles. The molecule has 0 atom stereocenters. The molecule has 0 amide bonds. The standard InChI is InChI=1S/C16H13Cl2NO2/c1-10-2-5-16(21)14(8-10)19-7-6-15(20)12-4-3-11(17)9-13(12)18/h2-9,19,21H,1H3/b7-6+. The molecule has 108 valence electrons. The molecular formula is C16H13Cl2NO2. The highest BCUT2D eigenvalue weighted by molar-refractivity contribution is 6.37. The lowest BCUT2D eigenvalue weighted by Gasteiger charge is -2.05. The molecule has 5 heteroatoms. The zero-order valence-corrected chi connectivity index (χ0v) is 12.7. The van der Waals surface area contributed by atoms with Crippen molar-refractivity contribution in [3.8, 4) is 5.75 Å². The Hall–Kier alpha value is -1.97. The van der Waals surface area contributed by atoms with E-state index in [-0.39, 0.29) is 11.5 Å². The van der Waals surface area contributed by atoms with Gasteiger partial charge in [0, 0.05) is 22.9 Å². The summed E-state index contributed by atoms with van der Waals surface area (Å²) in [5.74, 6) is -0.140. The number of phenols is 1. The van der Waals surface area contributed by atoms with E-state index in [9.17, 15) is 9.90 Å². The Kier molecular flexibility index (Phi) is 4.89. The van der Waals surface area contributed by atoms with Gasteiger partial charge in [0.15, 0.2) is 5.78 Å². The van der Waals surface area contributed by atoms with E-state index in [1.54, 1.807) is 30.3 Å².